The van der Waals surface area contributed by atoms with Gasteiger partial charge in [0.2, 0.25) is 0 Å². The first-order chi connectivity index (χ1) is 16.5. The van der Waals surface area contributed by atoms with Crippen LogP contribution in [-0.2, 0) is 6.54 Å². The Kier molecular flexibility index (Phi) is 4.80. The third kappa shape index (κ3) is 3.31. The summed E-state index contributed by atoms with van der Waals surface area (Å²) >= 11 is 0. The van der Waals surface area contributed by atoms with Crippen LogP contribution in [-0.4, -0.2) is 63.5 Å². The van der Waals surface area contributed by atoms with E-state index >= 15 is 0 Å². The predicted molar refractivity (Wildman–Crippen MR) is 132 cm³/mol. The molecule has 1 saturated heterocycles. The smallest absolute Gasteiger partial charge is 0.161 e. The largest absolute Gasteiger partial charge is 0.390 e. The quantitative estimate of drug-likeness (QED) is 0.456. The molecule has 1 fully saturated rings. The highest BCUT2D eigenvalue weighted by Gasteiger charge is 2.33. The summed E-state index contributed by atoms with van der Waals surface area (Å²) in [5.74, 6) is 0.913. The van der Waals surface area contributed by atoms with Crippen molar-refractivity contribution in [3.05, 3.63) is 78.2 Å². The number of fused-ring (bicyclic) bond motifs is 5. The molecule has 0 bridgehead atoms. The Balaban J connectivity index is 1.40. The standard InChI is InChI=1S/C27H26N6O/c1-30(2)25-16-31(17-26(25)34)22-7-8-23-21(11-22)15-32-14-20(19-5-3-18(13-28)4-6-19)12-24(32)27-29-9-10-33(23)27/h3-12,14,25-26,34H,15-17H2,1-2H3/t25-,26-/m1/s1. The summed E-state index contributed by atoms with van der Waals surface area (Å²) in [6.07, 6.45) is 5.66. The molecule has 4 heterocycles. The molecule has 0 saturated carbocycles. The van der Waals surface area contributed by atoms with Crippen LogP contribution in [0.5, 0.6) is 0 Å². The highest BCUT2D eigenvalue weighted by molar-refractivity contribution is 5.72. The van der Waals surface area contributed by atoms with Crippen molar-refractivity contribution in [2.45, 2.75) is 18.7 Å². The van der Waals surface area contributed by atoms with Gasteiger partial charge in [0.1, 0.15) is 0 Å². The zero-order valence-electron chi connectivity index (χ0n) is 19.3. The number of anilines is 1. The molecule has 1 N–H and O–H groups in total. The molecule has 34 heavy (non-hydrogen) atoms. The lowest BCUT2D eigenvalue weighted by Crippen LogP contribution is -2.38. The van der Waals surface area contributed by atoms with Crippen LogP contribution in [0.3, 0.4) is 0 Å². The molecule has 2 atom stereocenters. The first kappa shape index (κ1) is 20.7. The van der Waals surface area contributed by atoms with Crippen molar-refractivity contribution in [2.75, 3.05) is 32.1 Å². The minimum absolute atomic E-state index is 0.130. The van der Waals surface area contributed by atoms with Crippen LogP contribution in [0.1, 0.15) is 11.1 Å². The lowest BCUT2D eigenvalue weighted by atomic mass is 10.1. The molecule has 4 aromatic rings. The number of aromatic nitrogens is 3. The van der Waals surface area contributed by atoms with Gasteiger partial charge in [-0.15, -0.1) is 0 Å². The average molecular weight is 451 g/mol. The molecule has 0 unspecified atom stereocenters. The van der Waals surface area contributed by atoms with E-state index in [-0.39, 0.29) is 12.1 Å². The maximum atomic E-state index is 10.5. The number of rotatable bonds is 3. The molecule has 170 valence electrons. The van der Waals surface area contributed by atoms with Crippen LogP contribution in [0.15, 0.2) is 67.1 Å². The van der Waals surface area contributed by atoms with E-state index in [0.717, 1.165) is 47.1 Å². The van der Waals surface area contributed by atoms with Gasteiger partial charge in [-0.05, 0) is 61.6 Å². The van der Waals surface area contributed by atoms with E-state index in [4.69, 9.17) is 5.26 Å². The van der Waals surface area contributed by atoms with Gasteiger partial charge in [0, 0.05) is 49.5 Å². The fourth-order valence-corrected chi connectivity index (χ4v) is 5.21. The Hall–Kier alpha value is -3.86. The minimum atomic E-state index is -0.361. The van der Waals surface area contributed by atoms with Crippen molar-refractivity contribution in [1.82, 2.24) is 19.0 Å². The number of aliphatic hydroxyl groups is 1. The molecule has 2 aliphatic rings. The van der Waals surface area contributed by atoms with Gasteiger partial charge in [-0.1, -0.05) is 12.1 Å². The Labute approximate surface area is 198 Å². The number of hydrogen-bond donors (Lipinski definition) is 1. The minimum Gasteiger partial charge on any atom is -0.390 e. The van der Waals surface area contributed by atoms with Gasteiger partial charge in [-0.2, -0.15) is 5.26 Å². The Morgan fingerprint density at radius 2 is 1.88 bits per heavy atom. The molecule has 2 aromatic carbocycles. The second kappa shape index (κ2) is 7.87. The molecule has 0 radical (unpaired) electrons. The summed E-state index contributed by atoms with van der Waals surface area (Å²) in [5.41, 5.74) is 7.37. The molecule has 0 spiro atoms. The lowest BCUT2D eigenvalue weighted by molar-refractivity contribution is 0.114. The summed E-state index contributed by atoms with van der Waals surface area (Å²) in [6, 6.07) is 18.7. The van der Waals surface area contributed by atoms with E-state index < -0.39 is 0 Å². The summed E-state index contributed by atoms with van der Waals surface area (Å²) in [5, 5.41) is 19.6. The third-order valence-corrected chi connectivity index (χ3v) is 7.06. The molecule has 7 nitrogen and oxygen atoms in total. The SMILES string of the molecule is CN(C)[C@@H]1CN(c2ccc3c(c2)Cn2cc(-c4ccc(C#N)cc4)cc2-c2nccn2-3)C[C@H]1O. The van der Waals surface area contributed by atoms with Crippen LogP contribution >= 0.6 is 0 Å². The van der Waals surface area contributed by atoms with E-state index in [1.54, 1.807) is 0 Å². The van der Waals surface area contributed by atoms with Gasteiger partial charge in [0.05, 0.1) is 35.2 Å². The number of β-amino-alcohol motifs (C(OH)–C–C–N with tert-alkyl or cyclic N) is 1. The van der Waals surface area contributed by atoms with Gasteiger partial charge < -0.3 is 19.5 Å². The van der Waals surface area contributed by atoms with E-state index in [1.807, 2.05) is 50.8 Å². The maximum Gasteiger partial charge on any atom is 0.161 e. The highest BCUT2D eigenvalue weighted by Crippen LogP contribution is 2.36. The first-order valence-electron chi connectivity index (χ1n) is 11.5. The highest BCUT2D eigenvalue weighted by atomic mass is 16.3. The predicted octanol–water partition coefficient (Wildman–Crippen LogP) is 3.35. The summed E-state index contributed by atoms with van der Waals surface area (Å²) in [4.78, 5) is 9.05. The van der Waals surface area contributed by atoms with Crippen LogP contribution in [0.4, 0.5) is 5.69 Å². The average Bonchev–Trinajstić information content (AvgIpc) is 3.56. The van der Waals surface area contributed by atoms with Crippen LogP contribution in [0, 0.1) is 11.3 Å². The Bertz CT molecular complexity index is 1410. The molecular formula is C27H26N6O. The van der Waals surface area contributed by atoms with Crippen molar-refractivity contribution in [2.24, 2.45) is 0 Å². The summed E-state index contributed by atoms with van der Waals surface area (Å²) in [6.45, 7) is 2.17. The number of nitriles is 1. The number of likely N-dealkylation sites (N-methyl/N-ethyl adjacent to an activating group) is 1. The molecule has 6 rings (SSSR count). The van der Waals surface area contributed by atoms with Gasteiger partial charge in [0.25, 0.3) is 0 Å². The van der Waals surface area contributed by atoms with E-state index in [0.29, 0.717) is 12.1 Å². The van der Waals surface area contributed by atoms with Gasteiger partial charge in [-0.25, -0.2) is 4.98 Å². The zero-order valence-corrected chi connectivity index (χ0v) is 19.3. The van der Waals surface area contributed by atoms with Crippen molar-refractivity contribution < 1.29 is 5.11 Å². The number of hydrogen-bond acceptors (Lipinski definition) is 5. The molecule has 2 aromatic heterocycles. The fraction of sp³-hybridized carbons (Fsp3) is 0.259. The fourth-order valence-electron chi connectivity index (χ4n) is 5.21. The van der Waals surface area contributed by atoms with Crippen molar-refractivity contribution in [3.8, 4) is 34.4 Å². The Morgan fingerprint density at radius 1 is 1.06 bits per heavy atom. The second-order valence-electron chi connectivity index (χ2n) is 9.37. The molecular weight excluding hydrogens is 424 g/mol. The third-order valence-electron chi connectivity index (χ3n) is 7.06. The lowest BCUT2D eigenvalue weighted by Gasteiger charge is -2.23. The van der Waals surface area contributed by atoms with Gasteiger partial charge >= 0.3 is 0 Å². The van der Waals surface area contributed by atoms with Gasteiger partial charge in [-0.3, -0.25) is 4.57 Å². The normalized spacial score (nSPS) is 18.9. The molecule has 0 amide bonds. The van der Waals surface area contributed by atoms with Crippen molar-refractivity contribution in [1.29, 1.82) is 5.26 Å². The van der Waals surface area contributed by atoms with Crippen LogP contribution in [0.25, 0.3) is 28.3 Å². The van der Waals surface area contributed by atoms with E-state index in [1.165, 1.54) is 5.56 Å². The summed E-state index contributed by atoms with van der Waals surface area (Å²) in [7, 11) is 4.04. The van der Waals surface area contributed by atoms with E-state index in [2.05, 4.69) is 60.4 Å². The van der Waals surface area contributed by atoms with Crippen molar-refractivity contribution >= 4 is 5.69 Å². The monoisotopic (exact) mass is 450 g/mol. The Morgan fingerprint density at radius 3 is 2.62 bits per heavy atom. The second-order valence-corrected chi connectivity index (χ2v) is 9.37. The van der Waals surface area contributed by atoms with E-state index in [9.17, 15) is 5.11 Å². The molecule has 7 heteroatoms. The van der Waals surface area contributed by atoms with Crippen LogP contribution < -0.4 is 4.90 Å². The number of imidazole rings is 1. The summed E-state index contributed by atoms with van der Waals surface area (Å²) < 4.78 is 4.41. The topological polar surface area (TPSA) is 73.2 Å². The molecule has 2 aliphatic heterocycles. The first-order valence-corrected chi connectivity index (χ1v) is 11.5. The number of aliphatic hydroxyl groups excluding tert-OH is 1. The van der Waals surface area contributed by atoms with Crippen LogP contribution in [0.2, 0.25) is 0 Å². The molecule has 0 aliphatic carbocycles. The zero-order chi connectivity index (χ0) is 23.4. The van der Waals surface area contributed by atoms with Gasteiger partial charge in [0.15, 0.2) is 5.82 Å². The number of nitrogens with zero attached hydrogens (tertiary/aromatic N) is 6. The number of benzene rings is 2. The maximum absolute atomic E-state index is 10.5. The van der Waals surface area contributed by atoms with Crippen molar-refractivity contribution in [3.63, 3.8) is 0 Å².